The first-order valence-electron chi connectivity index (χ1n) is 7.36. The van der Waals surface area contributed by atoms with Gasteiger partial charge in [0.2, 0.25) is 0 Å². The predicted molar refractivity (Wildman–Crippen MR) is 103 cm³/mol. The summed E-state index contributed by atoms with van der Waals surface area (Å²) in [6.45, 7) is 4.35. The Hall–Kier alpha value is -1.27. The smallest absolute Gasteiger partial charge is 0.257 e. The fourth-order valence-electron chi connectivity index (χ4n) is 2.01. The Morgan fingerprint density at radius 2 is 2.00 bits per heavy atom. The van der Waals surface area contributed by atoms with Crippen LogP contribution in [-0.4, -0.2) is 37.1 Å². The standard InChI is InChI=1S/C16H20ClN3O2.2ClH/c1-2-7-18-9-10-19-15(21)11-22-14-6-5-13(17)12-4-3-8-20-16(12)14;;/h3-6,8,18H,2,7,9-11H2,1H3,(H,19,21);2*1H. The lowest BCUT2D eigenvalue weighted by molar-refractivity contribution is -0.123. The van der Waals surface area contributed by atoms with Gasteiger partial charge in [0.1, 0.15) is 11.3 Å². The molecule has 2 N–H and O–H groups in total. The molecule has 0 saturated carbocycles. The lowest BCUT2D eigenvalue weighted by Gasteiger charge is -2.10. The Labute approximate surface area is 159 Å². The maximum Gasteiger partial charge on any atom is 0.257 e. The molecule has 0 bridgehead atoms. The summed E-state index contributed by atoms with van der Waals surface area (Å²) >= 11 is 6.12. The Balaban J connectivity index is 0.00000264. The number of pyridine rings is 1. The number of hydrogen-bond acceptors (Lipinski definition) is 4. The SMILES string of the molecule is CCCNCCNC(=O)COc1ccc(Cl)c2cccnc12.Cl.Cl. The molecule has 2 rings (SSSR count). The summed E-state index contributed by atoms with van der Waals surface area (Å²) in [5.74, 6) is 0.400. The fraction of sp³-hybridized carbons (Fsp3) is 0.375. The summed E-state index contributed by atoms with van der Waals surface area (Å²) in [7, 11) is 0. The van der Waals surface area contributed by atoms with E-state index < -0.39 is 0 Å². The van der Waals surface area contributed by atoms with Crippen molar-refractivity contribution in [2.24, 2.45) is 0 Å². The van der Waals surface area contributed by atoms with Crippen molar-refractivity contribution in [2.75, 3.05) is 26.2 Å². The highest BCUT2D eigenvalue weighted by atomic mass is 35.5. The highest BCUT2D eigenvalue weighted by Gasteiger charge is 2.08. The van der Waals surface area contributed by atoms with Gasteiger partial charge in [0.15, 0.2) is 6.61 Å². The summed E-state index contributed by atoms with van der Waals surface area (Å²) in [4.78, 5) is 16.0. The predicted octanol–water partition coefficient (Wildman–Crippen LogP) is 3.23. The molecule has 0 spiro atoms. The third-order valence-corrected chi connectivity index (χ3v) is 3.42. The first-order chi connectivity index (χ1) is 10.7. The summed E-state index contributed by atoms with van der Waals surface area (Å²) in [5, 5.41) is 7.44. The van der Waals surface area contributed by atoms with Crippen LogP contribution in [0.2, 0.25) is 5.02 Å². The number of benzene rings is 1. The van der Waals surface area contributed by atoms with E-state index in [1.165, 1.54) is 0 Å². The second kappa shape index (κ2) is 12.1. The number of carbonyl (C=O) groups is 1. The van der Waals surface area contributed by atoms with E-state index in [-0.39, 0.29) is 37.3 Å². The maximum absolute atomic E-state index is 11.7. The van der Waals surface area contributed by atoms with Crippen molar-refractivity contribution in [3.63, 3.8) is 0 Å². The van der Waals surface area contributed by atoms with Crippen LogP contribution in [0.4, 0.5) is 0 Å². The van der Waals surface area contributed by atoms with Gasteiger partial charge in [0, 0.05) is 24.7 Å². The van der Waals surface area contributed by atoms with Crippen molar-refractivity contribution in [2.45, 2.75) is 13.3 Å². The van der Waals surface area contributed by atoms with Gasteiger partial charge in [0.25, 0.3) is 5.91 Å². The van der Waals surface area contributed by atoms with Gasteiger partial charge >= 0.3 is 0 Å². The zero-order valence-electron chi connectivity index (χ0n) is 13.4. The molecule has 0 fully saturated rings. The molecule has 0 aliphatic rings. The van der Waals surface area contributed by atoms with Crippen LogP contribution in [0.25, 0.3) is 10.9 Å². The second-order valence-corrected chi connectivity index (χ2v) is 5.24. The van der Waals surface area contributed by atoms with Gasteiger partial charge in [-0.05, 0) is 37.2 Å². The highest BCUT2D eigenvalue weighted by Crippen LogP contribution is 2.29. The molecule has 0 aliphatic heterocycles. The average Bonchev–Trinajstić information content (AvgIpc) is 2.54. The van der Waals surface area contributed by atoms with Crippen LogP contribution < -0.4 is 15.4 Å². The number of halogens is 3. The van der Waals surface area contributed by atoms with Crippen molar-refractivity contribution < 1.29 is 9.53 Å². The van der Waals surface area contributed by atoms with Crippen molar-refractivity contribution in [1.29, 1.82) is 0 Å². The van der Waals surface area contributed by atoms with E-state index in [2.05, 4.69) is 22.5 Å². The zero-order valence-corrected chi connectivity index (χ0v) is 15.8. The number of amides is 1. The van der Waals surface area contributed by atoms with E-state index in [1.54, 1.807) is 18.3 Å². The Morgan fingerprint density at radius 3 is 2.75 bits per heavy atom. The Bertz CT molecular complexity index is 641. The van der Waals surface area contributed by atoms with Crippen molar-refractivity contribution in [3.05, 3.63) is 35.5 Å². The van der Waals surface area contributed by atoms with Crippen LogP contribution >= 0.6 is 36.4 Å². The van der Waals surface area contributed by atoms with E-state index in [9.17, 15) is 4.79 Å². The Kier molecular flexibility index (Phi) is 11.5. The van der Waals surface area contributed by atoms with Gasteiger partial charge < -0.3 is 15.4 Å². The van der Waals surface area contributed by atoms with Gasteiger partial charge in [-0.2, -0.15) is 0 Å². The normalized spacial score (nSPS) is 9.75. The molecule has 134 valence electrons. The molecule has 0 radical (unpaired) electrons. The number of hydrogen-bond donors (Lipinski definition) is 2. The first-order valence-corrected chi connectivity index (χ1v) is 7.73. The Morgan fingerprint density at radius 1 is 1.21 bits per heavy atom. The zero-order chi connectivity index (χ0) is 15.8. The summed E-state index contributed by atoms with van der Waals surface area (Å²) < 4.78 is 5.56. The topological polar surface area (TPSA) is 63.2 Å². The molecule has 1 heterocycles. The van der Waals surface area contributed by atoms with Gasteiger partial charge in [0.05, 0.1) is 5.02 Å². The molecule has 1 aromatic carbocycles. The molecule has 1 amide bonds. The summed E-state index contributed by atoms with van der Waals surface area (Å²) in [6, 6.07) is 7.16. The fourth-order valence-corrected chi connectivity index (χ4v) is 2.23. The number of aromatic nitrogens is 1. The maximum atomic E-state index is 11.7. The molecule has 1 aromatic heterocycles. The molecule has 0 unspecified atom stereocenters. The van der Waals surface area contributed by atoms with Crippen LogP contribution in [0.15, 0.2) is 30.5 Å². The van der Waals surface area contributed by atoms with Gasteiger partial charge in [-0.15, -0.1) is 24.8 Å². The number of fused-ring (bicyclic) bond motifs is 1. The van der Waals surface area contributed by atoms with Crippen LogP contribution in [0, 0.1) is 0 Å². The van der Waals surface area contributed by atoms with Crippen LogP contribution in [0.5, 0.6) is 5.75 Å². The third kappa shape index (κ3) is 6.69. The number of nitrogens with one attached hydrogen (secondary N) is 2. The van der Waals surface area contributed by atoms with Gasteiger partial charge in [-0.1, -0.05) is 18.5 Å². The van der Waals surface area contributed by atoms with Crippen LogP contribution in [0.3, 0.4) is 0 Å². The largest absolute Gasteiger partial charge is 0.481 e. The second-order valence-electron chi connectivity index (χ2n) is 4.83. The monoisotopic (exact) mass is 393 g/mol. The molecule has 0 atom stereocenters. The quantitative estimate of drug-likeness (QED) is 0.675. The van der Waals surface area contributed by atoms with E-state index in [0.29, 0.717) is 22.8 Å². The van der Waals surface area contributed by atoms with Crippen LogP contribution in [-0.2, 0) is 4.79 Å². The van der Waals surface area contributed by atoms with E-state index in [4.69, 9.17) is 16.3 Å². The first kappa shape index (κ1) is 22.7. The summed E-state index contributed by atoms with van der Waals surface area (Å²) in [6.07, 6.45) is 2.75. The molecule has 8 heteroatoms. The summed E-state index contributed by atoms with van der Waals surface area (Å²) in [5.41, 5.74) is 0.660. The highest BCUT2D eigenvalue weighted by molar-refractivity contribution is 6.35. The molecule has 0 saturated heterocycles. The molecule has 0 aliphatic carbocycles. The average molecular weight is 395 g/mol. The van der Waals surface area contributed by atoms with Gasteiger partial charge in [-0.25, -0.2) is 0 Å². The van der Waals surface area contributed by atoms with Crippen molar-refractivity contribution >= 4 is 53.2 Å². The third-order valence-electron chi connectivity index (χ3n) is 3.09. The minimum atomic E-state index is -0.155. The lowest BCUT2D eigenvalue weighted by Crippen LogP contribution is -2.35. The number of nitrogens with zero attached hydrogens (tertiary/aromatic N) is 1. The van der Waals surface area contributed by atoms with Crippen molar-refractivity contribution in [1.82, 2.24) is 15.6 Å². The van der Waals surface area contributed by atoms with E-state index in [1.807, 2.05) is 12.1 Å². The molecular weight excluding hydrogens is 373 g/mol. The molecule has 24 heavy (non-hydrogen) atoms. The molecule has 5 nitrogen and oxygen atoms in total. The molecular formula is C16H22Cl3N3O2. The minimum Gasteiger partial charge on any atom is -0.481 e. The van der Waals surface area contributed by atoms with E-state index in [0.717, 1.165) is 24.9 Å². The van der Waals surface area contributed by atoms with Gasteiger partial charge in [-0.3, -0.25) is 9.78 Å². The van der Waals surface area contributed by atoms with Crippen molar-refractivity contribution in [3.8, 4) is 5.75 Å². The van der Waals surface area contributed by atoms with E-state index >= 15 is 0 Å². The molecule has 2 aromatic rings. The number of rotatable bonds is 8. The minimum absolute atomic E-state index is 0. The van der Waals surface area contributed by atoms with Crippen LogP contribution in [0.1, 0.15) is 13.3 Å². The number of carbonyl (C=O) groups excluding carboxylic acids is 1. The number of ether oxygens (including phenoxy) is 1. The lowest BCUT2D eigenvalue weighted by atomic mass is 10.2.